The van der Waals surface area contributed by atoms with Gasteiger partial charge in [-0.05, 0) is 32.0 Å². The Morgan fingerprint density at radius 1 is 1.29 bits per heavy atom. The molecule has 0 saturated heterocycles. The molecule has 24 heavy (non-hydrogen) atoms. The normalized spacial score (nSPS) is 15.4. The number of carbonyl (C=O) groups is 1. The first kappa shape index (κ1) is 16.6. The predicted octanol–water partition coefficient (Wildman–Crippen LogP) is 2.47. The molecule has 6 nitrogen and oxygen atoms in total. The number of carbonyl (C=O) groups excluding carboxylic acids is 1. The molecule has 0 spiro atoms. The third-order valence-electron chi connectivity index (χ3n) is 4.46. The van der Waals surface area contributed by atoms with Crippen molar-refractivity contribution in [3.8, 4) is 11.4 Å². The molecular weight excluding hydrogens is 302 g/mol. The maximum Gasteiger partial charge on any atom is 0.228 e. The number of aromatic nitrogens is 3. The van der Waals surface area contributed by atoms with Gasteiger partial charge < -0.3 is 15.2 Å². The largest absolute Gasteiger partial charge is 0.326 e. The topological polar surface area (TPSA) is 71.8 Å². The molecule has 2 aromatic rings. The minimum Gasteiger partial charge on any atom is -0.326 e. The number of nitrogens with zero attached hydrogens (tertiary/aromatic N) is 3. The predicted molar refractivity (Wildman–Crippen MR) is 94.7 cm³/mol. The quantitative estimate of drug-likeness (QED) is 0.885. The summed E-state index contributed by atoms with van der Waals surface area (Å²) in [6.45, 7) is 3.53. The summed E-state index contributed by atoms with van der Waals surface area (Å²) < 4.78 is 2.22. The molecule has 0 bridgehead atoms. The third kappa shape index (κ3) is 3.64. The molecule has 3 rings (SSSR count). The van der Waals surface area contributed by atoms with Crippen molar-refractivity contribution in [1.29, 1.82) is 0 Å². The highest BCUT2D eigenvalue weighted by Gasteiger charge is 2.17. The number of amides is 1. The summed E-state index contributed by atoms with van der Waals surface area (Å²) in [5.74, 6) is 1.90. The van der Waals surface area contributed by atoms with E-state index in [1.807, 2.05) is 38.2 Å². The molecule has 1 aliphatic heterocycles. The van der Waals surface area contributed by atoms with Crippen molar-refractivity contribution in [2.75, 3.05) is 18.9 Å². The Labute approximate surface area is 142 Å². The summed E-state index contributed by atoms with van der Waals surface area (Å²) >= 11 is 0. The van der Waals surface area contributed by atoms with E-state index in [4.69, 9.17) is 0 Å². The second-order valence-electron chi connectivity index (χ2n) is 6.43. The molecule has 2 heterocycles. The van der Waals surface area contributed by atoms with Gasteiger partial charge in [0.15, 0.2) is 5.82 Å². The summed E-state index contributed by atoms with van der Waals surface area (Å²) in [6, 6.07) is 7.86. The van der Waals surface area contributed by atoms with Gasteiger partial charge in [0, 0.05) is 36.7 Å². The van der Waals surface area contributed by atoms with Gasteiger partial charge in [-0.2, -0.15) is 0 Å². The summed E-state index contributed by atoms with van der Waals surface area (Å²) in [5.41, 5.74) is 1.79. The zero-order valence-corrected chi connectivity index (χ0v) is 14.4. The Balaban J connectivity index is 1.81. The minimum absolute atomic E-state index is 0.0153. The first-order chi connectivity index (χ1) is 11.7. The Morgan fingerprint density at radius 3 is 3.00 bits per heavy atom. The highest BCUT2D eigenvalue weighted by atomic mass is 16.1. The van der Waals surface area contributed by atoms with E-state index in [1.54, 1.807) is 0 Å². The fraction of sp³-hybridized carbons (Fsp3) is 0.500. The van der Waals surface area contributed by atoms with E-state index in [0.29, 0.717) is 6.54 Å². The summed E-state index contributed by atoms with van der Waals surface area (Å²) in [7, 11) is 1.85. The molecule has 1 aromatic carbocycles. The van der Waals surface area contributed by atoms with Gasteiger partial charge in [-0.1, -0.05) is 25.5 Å². The molecule has 1 atom stereocenters. The van der Waals surface area contributed by atoms with Crippen LogP contribution in [0, 0.1) is 5.92 Å². The molecule has 6 heteroatoms. The Kier molecular flexibility index (Phi) is 5.25. The van der Waals surface area contributed by atoms with Crippen molar-refractivity contribution in [2.45, 2.75) is 39.2 Å². The summed E-state index contributed by atoms with van der Waals surface area (Å²) in [5, 5.41) is 14.7. The van der Waals surface area contributed by atoms with Gasteiger partial charge in [-0.25, -0.2) is 0 Å². The number of nitrogens with one attached hydrogen (secondary N) is 2. The van der Waals surface area contributed by atoms with Gasteiger partial charge in [0.05, 0.1) is 0 Å². The Bertz CT molecular complexity index is 709. The number of hydrogen-bond acceptors (Lipinski definition) is 4. The number of anilines is 1. The van der Waals surface area contributed by atoms with Crippen molar-refractivity contribution in [3.05, 3.63) is 30.1 Å². The number of benzene rings is 1. The standard InChI is InChI=1S/C18H25N5O/c1-13(12-19-2)18(24)20-15-8-6-7-14(11-15)17-22-21-16-9-4-3-5-10-23(16)17/h6-8,11,13,19H,3-5,9-10,12H2,1-2H3,(H,20,24). The average Bonchev–Trinajstić information content (AvgIpc) is 2.84. The second-order valence-corrected chi connectivity index (χ2v) is 6.43. The van der Waals surface area contributed by atoms with E-state index in [-0.39, 0.29) is 11.8 Å². The van der Waals surface area contributed by atoms with Crippen LogP contribution in [0.1, 0.15) is 32.0 Å². The molecule has 1 unspecified atom stereocenters. The summed E-state index contributed by atoms with van der Waals surface area (Å²) in [6.07, 6.45) is 4.57. The molecule has 1 amide bonds. The lowest BCUT2D eigenvalue weighted by molar-refractivity contribution is -0.119. The van der Waals surface area contributed by atoms with Crippen molar-refractivity contribution >= 4 is 11.6 Å². The fourth-order valence-electron chi connectivity index (χ4n) is 3.10. The van der Waals surface area contributed by atoms with E-state index >= 15 is 0 Å². The smallest absolute Gasteiger partial charge is 0.228 e. The first-order valence-electron chi connectivity index (χ1n) is 8.67. The number of hydrogen-bond donors (Lipinski definition) is 2. The van der Waals surface area contributed by atoms with Crippen LogP contribution in [0.25, 0.3) is 11.4 Å². The third-order valence-corrected chi connectivity index (χ3v) is 4.46. The van der Waals surface area contributed by atoms with Crippen LogP contribution in [0.4, 0.5) is 5.69 Å². The SMILES string of the molecule is CNCC(C)C(=O)Nc1cccc(-c2nnc3n2CCCCC3)c1. The van der Waals surface area contributed by atoms with Gasteiger partial charge in [0.25, 0.3) is 0 Å². The fourth-order valence-corrected chi connectivity index (χ4v) is 3.10. The first-order valence-corrected chi connectivity index (χ1v) is 8.67. The molecule has 0 saturated carbocycles. The van der Waals surface area contributed by atoms with Crippen LogP contribution in [-0.4, -0.2) is 34.3 Å². The van der Waals surface area contributed by atoms with Crippen LogP contribution in [-0.2, 0) is 17.8 Å². The van der Waals surface area contributed by atoms with Crippen LogP contribution in [0.5, 0.6) is 0 Å². The molecule has 128 valence electrons. The lowest BCUT2D eigenvalue weighted by Crippen LogP contribution is -2.28. The van der Waals surface area contributed by atoms with Crippen molar-refractivity contribution in [2.24, 2.45) is 5.92 Å². The molecular formula is C18H25N5O. The van der Waals surface area contributed by atoms with Crippen LogP contribution in [0.15, 0.2) is 24.3 Å². The highest BCUT2D eigenvalue weighted by molar-refractivity contribution is 5.93. The lowest BCUT2D eigenvalue weighted by atomic mass is 10.1. The number of rotatable bonds is 5. The molecule has 2 N–H and O–H groups in total. The average molecular weight is 327 g/mol. The summed E-state index contributed by atoms with van der Waals surface area (Å²) in [4.78, 5) is 12.2. The van der Waals surface area contributed by atoms with Gasteiger partial charge >= 0.3 is 0 Å². The van der Waals surface area contributed by atoms with Gasteiger partial charge in [0.2, 0.25) is 5.91 Å². The van der Waals surface area contributed by atoms with Crippen molar-refractivity contribution in [1.82, 2.24) is 20.1 Å². The number of aryl methyl sites for hydroxylation is 1. The number of fused-ring (bicyclic) bond motifs is 1. The van der Waals surface area contributed by atoms with Crippen LogP contribution >= 0.6 is 0 Å². The van der Waals surface area contributed by atoms with Crippen LogP contribution < -0.4 is 10.6 Å². The van der Waals surface area contributed by atoms with Crippen LogP contribution in [0.3, 0.4) is 0 Å². The van der Waals surface area contributed by atoms with E-state index in [0.717, 1.165) is 42.3 Å². The zero-order chi connectivity index (χ0) is 16.9. The van der Waals surface area contributed by atoms with E-state index < -0.39 is 0 Å². The molecule has 1 aliphatic rings. The Hall–Kier alpha value is -2.21. The lowest BCUT2D eigenvalue weighted by Gasteiger charge is -2.13. The van der Waals surface area contributed by atoms with Crippen LogP contribution in [0.2, 0.25) is 0 Å². The van der Waals surface area contributed by atoms with Gasteiger partial charge in [0.1, 0.15) is 5.82 Å². The van der Waals surface area contributed by atoms with Gasteiger partial charge in [-0.15, -0.1) is 10.2 Å². The van der Waals surface area contributed by atoms with E-state index in [2.05, 4.69) is 25.4 Å². The molecule has 0 fully saturated rings. The van der Waals surface area contributed by atoms with E-state index in [9.17, 15) is 4.79 Å². The van der Waals surface area contributed by atoms with Gasteiger partial charge in [-0.3, -0.25) is 4.79 Å². The second kappa shape index (κ2) is 7.57. The molecule has 0 aliphatic carbocycles. The maximum atomic E-state index is 12.2. The minimum atomic E-state index is -0.0805. The zero-order valence-electron chi connectivity index (χ0n) is 14.4. The monoisotopic (exact) mass is 327 g/mol. The van der Waals surface area contributed by atoms with Crippen molar-refractivity contribution < 1.29 is 4.79 Å². The molecule has 1 aromatic heterocycles. The molecule has 0 radical (unpaired) electrons. The van der Waals surface area contributed by atoms with E-state index in [1.165, 1.54) is 12.8 Å². The Morgan fingerprint density at radius 2 is 2.17 bits per heavy atom. The highest BCUT2D eigenvalue weighted by Crippen LogP contribution is 2.25. The maximum absolute atomic E-state index is 12.2. The van der Waals surface area contributed by atoms with Crippen molar-refractivity contribution in [3.63, 3.8) is 0 Å².